The van der Waals surface area contributed by atoms with Crippen molar-refractivity contribution in [3.8, 4) is 5.75 Å². The van der Waals surface area contributed by atoms with Crippen molar-refractivity contribution in [2.75, 3.05) is 26.2 Å². The van der Waals surface area contributed by atoms with Gasteiger partial charge < -0.3 is 10.4 Å². The lowest BCUT2D eigenvalue weighted by Gasteiger charge is -2.42. The summed E-state index contributed by atoms with van der Waals surface area (Å²) < 4.78 is 13.9. The van der Waals surface area contributed by atoms with E-state index in [1.807, 2.05) is 20.8 Å². The lowest BCUT2D eigenvalue weighted by atomic mass is 9.80. The Morgan fingerprint density at radius 2 is 1.95 bits per heavy atom. The first-order chi connectivity index (χ1) is 10.2. The number of nitrogens with zero attached hydrogens (tertiary/aromatic N) is 2. The Kier molecular flexibility index (Phi) is 4.67. The SMILES string of the molecule is CC(C)(C)[C@H](c1cc([N+](=O)[O-])cc(F)c1O)N1CCNCC1. The number of aromatic hydroxyl groups is 1. The second-order valence-electron chi connectivity index (χ2n) is 6.68. The van der Waals surface area contributed by atoms with Gasteiger partial charge in [0.25, 0.3) is 5.69 Å². The van der Waals surface area contributed by atoms with Gasteiger partial charge in [-0.1, -0.05) is 20.8 Å². The fraction of sp³-hybridized carbons (Fsp3) is 0.600. The fourth-order valence-electron chi connectivity index (χ4n) is 3.07. The minimum Gasteiger partial charge on any atom is -0.505 e. The number of phenolic OH excluding ortho intramolecular Hbond substituents is 1. The summed E-state index contributed by atoms with van der Waals surface area (Å²) in [5, 5.41) is 24.4. The van der Waals surface area contributed by atoms with Crippen LogP contribution in [-0.2, 0) is 0 Å². The predicted molar refractivity (Wildman–Crippen MR) is 81.4 cm³/mol. The normalized spacial score (nSPS) is 18.2. The topological polar surface area (TPSA) is 78.6 Å². The molecule has 0 aliphatic carbocycles. The predicted octanol–water partition coefficient (Wildman–Crippen LogP) is 2.43. The van der Waals surface area contributed by atoms with Crippen molar-refractivity contribution in [1.82, 2.24) is 10.2 Å². The van der Waals surface area contributed by atoms with Gasteiger partial charge in [-0.25, -0.2) is 4.39 Å². The molecule has 6 nitrogen and oxygen atoms in total. The third-order valence-corrected chi connectivity index (χ3v) is 3.92. The van der Waals surface area contributed by atoms with E-state index in [0.717, 1.165) is 32.2 Å². The molecule has 0 amide bonds. The van der Waals surface area contributed by atoms with Gasteiger partial charge in [-0.3, -0.25) is 15.0 Å². The number of nitro groups is 1. The highest BCUT2D eigenvalue weighted by atomic mass is 19.1. The molecule has 1 aromatic rings. The number of halogens is 1. The maximum Gasteiger partial charge on any atom is 0.272 e. The van der Waals surface area contributed by atoms with Crippen molar-refractivity contribution >= 4 is 5.69 Å². The number of nitrogens with one attached hydrogen (secondary N) is 1. The number of nitro benzene ring substituents is 1. The Bertz CT molecular complexity index is 566. The zero-order valence-electron chi connectivity index (χ0n) is 13.1. The summed E-state index contributed by atoms with van der Waals surface area (Å²) in [6.07, 6.45) is 0. The molecule has 2 N–H and O–H groups in total. The average molecular weight is 311 g/mol. The Hall–Kier alpha value is -1.73. The average Bonchev–Trinajstić information content (AvgIpc) is 2.43. The summed E-state index contributed by atoms with van der Waals surface area (Å²) >= 11 is 0. The van der Waals surface area contributed by atoms with Crippen LogP contribution < -0.4 is 5.32 Å². The molecule has 1 heterocycles. The molecule has 0 radical (unpaired) electrons. The zero-order valence-corrected chi connectivity index (χ0v) is 13.1. The number of phenols is 1. The van der Waals surface area contributed by atoms with Crippen molar-refractivity contribution in [3.63, 3.8) is 0 Å². The van der Waals surface area contributed by atoms with E-state index in [-0.39, 0.29) is 22.7 Å². The minimum absolute atomic E-state index is 0.279. The maximum atomic E-state index is 13.9. The quantitative estimate of drug-likeness (QED) is 0.662. The highest BCUT2D eigenvalue weighted by molar-refractivity contribution is 5.46. The van der Waals surface area contributed by atoms with Crippen molar-refractivity contribution in [1.29, 1.82) is 0 Å². The van der Waals surface area contributed by atoms with Gasteiger partial charge in [0.2, 0.25) is 0 Å². The van der Waals surface area contributed by atoms with Gasteiger partial charge in [0, 0.05) is 43.9 Å². The van der Waals surface area contributed by atoms with Crippen LogP contribution in [0.2, 0.25) is 0 Å². The molecule has 1 fully saturated rings. The molecule has 122 valence electrons. The summed E-state index contributed by atoms with van der Waals surface area (Å²) in [5.74, 6) is -1.45. The molecule has 2 rings (SSSR count). The van der Waals surface area contributed by atoms with Crippen LogP contribution in [0.5, 0.6) is 5.75 Å². The molecule has 1 aromatic carbocycles. The van der Waals surface area contributed by atoms with Gasteiger partial charge in [-0.15, -0.1) is 0 Å². The Morgan fingerprint density at radius 1 is 1.36 bits per heavy atom. The van der Waals surface area contributed by atoms with E-state index in [1.165, 1.54) is 6.07 Å². The van der Waals surface area contributed by atoms with Crippen LogP contribution in [0.15, 0.2) is 12.1 Å². The molecular weight excluding hydrogens is 289 g/mol. The number of piperazine rings is 1. The number of non-ortho nitro benzene ring substituents is 1. The molecule has 1 atom stereocenters. The Balaban J connectivity index is 2.53. The standard InChI is InChI=1S/C15H22FN3O3/c1-15(2,3)14(18-6-4-17-5-7-18)11-8-10(19(21)22)9-12(16)13(11)20/h8-9,14,17,20H,4-7H2,1-3H3/t14-/m0/s1. The van der Waals surface area contributed by atoms with Crippen LogP contribution in [0.25, 0.3) is 0 Å². The van der Waals surface area contributed by atoms with E-state index in [2.05, 4.69) is 10.2 Å². The number of hydrogen-bond donors (Lipinski definition) is 2. The molecule has 1 saturated heterocycles. The van der Waals surface area contributed by atoms with E-state index in [9.17, 15) is 19.6 Å². The largest absolute Gasteiger partial charge is 0.505 e. The monoisotopic (exact) mass is 311 g/mol. The molecule has 1 aliphatic rings. The summed E-state index contributed by atoms with van der Waals surface area (Å²) in [7, 11) is 0. The maximum absolute atomic E-state index is 13.9. The second-order valence-corrected chi connectivity index (χ2v) is 6.68. The first-order valence-electron chi connectivity index (χ1n) is 7.33. The van der Waals surface area contributed by atoms with Crippen molar-refractivity contribution < 1.29 is 14.4 Å². The van der Waals surface area contributed by atoms with Gasteiger partial charge in [0.1, 0.15) is 0 Å². The van der Waals surface area contributed by atoms with Gasteiger partial charge in [-0.2, -0.15) is 0 Å². The third kappa shape index (κ3) is 3.36. The van der Waals surface area contributed by atoms with Crippen LogP contribution in [0.1, 0.15) is 32.4 Å². The summed E-state index contributed by atoms with van der Waals surface area (Å²) in [4.78, 5) is 12.5. The first-order valence-corrected chi connectivity index (χ1v) is 7.33. The van der Waals surface area contributed by atoms with Crippen LogP contribution >= 0.6 is 0 Å². The Labute approximate surface area is 129 Å². The lowest BCUT2D eigenvalue weighted by Crippen LogP contribution is -2.48. The number of rotatable bonds is 3. The van der Waals surface area contributed by atoms with Gasteiger partial charge >= 0.3 is 0 Å². The molecule has 22 heavy (non-hydrogen) atoms. The molecule has 1 aliphatic heterocycles. The molecule has 0 spiro atoms. The summed E-state index contributed by atoms with van der Waals surface area (Å²) in [6, 6.07) is 1.75. The van der Waals surface area contributed by atoms with Crippen molar-refractivity contribution in [3.05, 3.63) is 33.6 Å². The smallest absolute Gasteiger partial charge is 0.272 e. The molecule has 0 unspecified atom stereocenters. The molecule has 0 aromatic heterocycles. The number of benzene rings is 1. The van der Waals surface area contributed by atoms with Crippen LogP contribution in [0.3, 0.4) is 0 Å². The van der Waals surface area contributed by atoms with E-state index >= 15 is 0 Å². The lowest BCUT2D eigenvalue weighted by molar-refractivity contribution is -0.385. The van der Waals surface area contributed by atoms with E-state index in [0.29, 0.717) is 0 Å². The van der Waals surface area contributed by atoms with Crippen LogP contribution in [0, 0.1) is 21.3 Å². The number of hydrogen-bond acceptors (Lipinski definition) is 5. The van der Waals surface area contributed by atoms with Crippen molar-refractivity contribution in [2.24, 2.45) is 5.41 Å². The van der Waals surface area contributed by atoms with Crippen molar-refractivity contribution in [2.45, 2.75) is 26.8 Å². The highest BCUT2D eigenvalue weighted by Gasteiger charge is 2.36. The summed E-state index contributed by atoms with van der Waals surface area (Å²) in [5.41, 5.74) is -0.369. The fourth-order valence-corrected chi connectivity index (χ4v) is 3.07. The third-order valence-electron chi connectivity index (χ3n) is 3.92. The molecular formula is C15H22FN3O3. The summed E-state index contributed by atoms with van der Waals surface area (Å²) in [6.45, 7) is 9.02. The molecule has 0 bridgehead atoms. The van der Waals surface area contributed by atoms with Gasteiger partial charge in [-0.05, 0) is 5.41 Å². The highest BCUT2D eigenvalue weighted by Crippen LogP contribution is 2.43. The van der Waals surface area contributed by atoms with E-state index in [4.69, 9.17) is 0 Å². The van der Waals surface area contributed by atoms with Gasteiger partial charge in [0.15, 0.2) is 11.6 Å². The second kappa shape index (κ2) is 6.18. The molecule has 7 heteroatoms. The first kappa shape index (κ1) is 16.6. The van der Waals surface area contributed by atoms with Gasteiger partial charge in [0.05, 0.1) is 11.0 Å². The van der Waals surface area contributed by atoms with Crippen LogP contribution in [0.4, 0.5) is 10.1 Å². The zero-order chi connectivity index (χ0) is 16.5. The van der Waals surface area contributed by atoms with E-state index in [1.54, 1.807) is 0 Å². The minimum atomic E-state index is -0.950. The molecule has 0 saturated carbocycles. The van der Waals surface area contributed by atoms with Crippen LogP contribution in [-0.4, -0.2) is 41.1 Å². The van der Waals surface area contributed by atoms with E-state index < -0.39 is 16.5 Å². The Morgan fingerprint density at radius 3 is 2.45 bits per heavy atom.